The van der Waals surface area contributed by atoms with E-state index in [1.165, 1.54) is 32.2 Å². The Morgan fingerprint density at radius 3 is 2.69 bits per heavy atom. The summed E-state index contributed by atoms with van der Waals surface area (Å²) in [6.07, 6.45) is 7.68. The van der Waals surface area contributed by atoms with Crippen LogP contribution < -0.4 is 5.32 Å². The van der Waals surface area contributed by atoms with Gasteiger partial charge in [-0.3, -0.25) is 0 Å². The lowest BCUT2D eigenvalue weighted by Crippen LogP contribution is -2.48. The quantitative estimate of drug-likeness (QED) is 0.882. The van der Waals surface area contributed by atoms with Crippen LogP contribution in [0.1, 0.15) is 49.7 Å². The minimum absolute atomic E-state index is 0.0263. The normalized spacial score (nSPS) is 19.2. The summed E-state index contributed by atoms with van der Waals surface area (Å²) in [5.41, 5.74) is 1.61. The van der Waals surface area contributed by atoms with Gasteiger partial charge in [0.05, 0.1) is 11.6 Å². The van der Waals surface area contributed by atoms with Gasteiger partial charge in [-0.25, -0.2) is 4.79 Å². The lowest BCUT2D eigenvalue weighted by molar-refractivity contribution is 0.163. The Bertz CT molecular complexity index is 640. The highest BCUT2D eigenvalue weighted by Crippen LogP contribution is 2.26. The highest BCUT2D eigenvalue weighted by Gasteiger charge is 2.24. The number of rotatable bonds is 5. The molecule has 1 aliphatic heterocycles. The third-order valence-electron chi connectivity index (χ3n) is 5.73. The van der Waals surface area contributed by atoms with Crippen molar-refractivity contribution in [2.45, 2.75) is 51.1 Å². The van der Waals surface area contributed by atoms with E-state index >= 15 is 0 Å². The van der Waals surface area contributed by atoms with Crippen LogP contribution in [0.25, 0.3) is 0 Å². The van der Waals surface area contributed by atoms with Crippen LogP contribution in [0.5, 0.6) is 0 Å². The van der Waals surface area contributed by atoms with Crippen LogP contribution >= 0.6 is 0 Å². The van der Waals surface area contributed by atoms with E-state index in [2.05, 4.69) is 16.3 Å². The number of nitriles is 1. The number of hydrogen-bond donors (Lipinski definition) is 1. The van der Waals surface area contributed by atoms with Gasteiger partial charge in [-0.05, 0) is 49.3 Å². The summed E-state index contributed by atoms with van der Waals surface area (Å²) >= 11 is 0. The summed E-state index contributed by atoms with van der Waals surface area (Å²) in [5.74, 6) is 0.899. The molecule has 0 spiro atoms. The number of carbonyl (C=O) groups is 1. The Hall–Kier alpha value is -2.06. The fourth-order valence-corrected chi connectivity index (χ4v) is 4.19. The van der Waals surface area contributed by atoms with Crippen molar-refractivity contribution in [3.63, 3.8) is 0 Å². The second-order valence-corrected chi connectivity index (χ2v) is 7.84. The summed E-state index contributed by atoms with van der Waals surface area (Å²) in [4.78, 5) is 16.7. The zero-order valence-corrected chi connectivity index (χ0v) is 15.8. The number of carbonyl (C=O) groups excluding carboxylic acids is 1. The van der Waals surface area contributed by atoms with E-state index in [0.29, 0.717) is 12.1 Å². The number of urea groups is 1. The molecule has 140 valence electrons. The zero-order chi connectivity index (χ0) is 18.4. The third-order valence-corrected chi connectivity index (χ3v) is 5.73. The lowest BCUT2D eigenvalue weighted by Gasteiger charge is -2.34. The maximum Gasteiger partial charge on any atom is 0.317 e. The molecular weight excluding hydrogens is 324 g/mol. The monoisotopic (exact) mass is 354 g/mol. The molecule has 2 fully saturated rings. The molecule has 1 aliphatic carbocycles. The van der Waals surface area contributed by atoms with E-state index in [0.717, 1.165) is 37.4 Å². The van der Waals surface area contributed by atoms with Crippen molar-refractivity contribution in [2.24, 2.45) is 5.92 Å². The summed E-state index contributed by atoms with van der Waals surface area (Å²) in [6.45, 7) is 3.95. The fraction of sp³-hybridized carbons (Fsp3) is 0.619. The number of piperidine rings is 1. The number of nitrogens with one attached hydrogen (secondary N) is 1. The van der Waals surface area contributed by atoms with Gasteiger partial charge in [0, 0.05) is 39.3 Å². The first kappa shape index (κ1) is 18.7. The first-order chi connectivity index (χ1) is 12.6. The SMILES string of the molecule is CN(Cc1cccc(C#N)c1)C(=O)NC1CCN(CC2CCCC2)CC1. The molecule has 1 aromatic rings. The molecule has 5 heteroatoms. The molecule has 0 aromatic heterocycles. The van der Waals surface area contributed by atoms with Gasteiger partial charge in [0.2, 0.25) is 0 Å². The Labute approximate surface area is 157 Å². The van der Waals surface area contributed by atoms with Crippen LogP contribution in [0.2, 0.25) is 0 Å². The standard InChI is InChI=1S/C21H30N4O/c1-24(15-19-8-4-7-18(13-19)14-22)21(26)23-20-9-11-25(12-10-20)16-17-5-2-3-6-17/h4,7-8,13,17,20H,2-3,5-6,9-12,15-16H2,1H3,(H,23,26). The molecule has 1 N–H and O–H groups in total. The van der Waals surface area contributed by atoms with Crippen molar-refractivity contribution in [1.82, 2.24) is 15.1 Å². The highest BCUT2D eigenvalue weighted by atomic mass is 16.2. The lowest BCUT2D eigenvalue weighted by atomic mass is 10.0. The Morgan fingerprint density at radius 1 is 1.27 bits per heavy atom. The molecule has 1 heterocycles. The maximum absolute atomic E-state index is 12.5. The number of nitrogens with zero attached hydrogens (tertiary/aromatic N) is 3. The average molecular weight is 354 g/mol. The van der Waals surface area contributed by atoms with Crippen molar-refractivity contribution in [3.05, 3.63) is 35.4 Å². The molecule has 0 unspecified atom stereocenters. The van der Waals surface area contributed by atoms with Gasteiger partial charge in [0.25, 0.3) is 0 Å². The molecule has 5 nitrogen and oxygen atoms in total. The molecular formula is C21H30N4O. The number of likely N-dealkylation sites (tertiary alicyclic amines) is 1. The van der Waals surface area contributed by atoms with E-state index in [1.807, 2.05) is 25.2 Å². The molecule has 0 radical (unpaired) electrons. The fourth-order valence-electron chi connectivity index (χ4n) is 4.19. The van der Waals surface area contributed by atoms with Gasteiger partial charge in [-0.15, -0.1) is 0 Å². The minimum Gasteiger partial charge on any atom is -0.335 e. The molecule has 26 heavy (non-hydrogen) atoms. The van der Waals surface area contributed by atoms with Crippen LogP contribution in [0.4, 0.5) is 4.79 Å². The van der Waals surface area contributed by atoms with E-state index in [-0.39, 0.29) is 12.1 Å². The average Bonchev–Trinajstić information content (AvgIpc) is 3.16. The smallest absolute Gasteiger partial charge is 0.317 e. The molecule has 0 bridgehead atoms. The molecule has 1 saturated heterocycles. The molecule has 1 aromatic carbocycles. The van der Waals surface area contributed by atoms with Crippen molar-refractivity contribution in [1.29, 1.82) is 5.26 Å². The van der Waals surface area contributed by atoms with Crippen LogP contribution in [-0.4, -0.2) is 48.6 Å². The van der Waals surface area contributed by atoms with Crippen molar-refractivity contribution in [2.75, 3.05) is 26.7 Å². The number of amides is 2. The molecule has 0 atom stereocenters. The molecule has 2 aliphatic rings. The zero-order valence-electron chi connectivity index (χ0n) is 15.8. The maximum atomic E-state index is 12.5. The number of benzene rings is 1. The highest BCUT2D eigenvalue weighted by molar-refractivity contribution is 5.74. The van der Waals surface area contributed by atoms with Crippen LogP contribution in [0.15, 0.2) is 24.3 Å². The van der Waals surface area contributed by atoms with Crippen LogP contribution in [-0.2, 0) is 6.54 Å². The Kier molecular flexibility index (Phi) is 6.51. The largest absolute Gasteiger partial charge is 0.335 e. The van der Waals surface area contributed by atoms with Gasteiger partial charge in [-0.2, -0.15) is 5.26 Å². The Morgan fingerprint density at radius 2 is 2.00 bits per heavy atom. The predicted molar refractivity (Wildman–Crippen MR) is 103 cm³/mol. The summed E-state index contributed by atoms with van der Waals surface area (Å²) < 4.78 is 0. The Balaban J connectivity index is 1.41. The molecule has 1 saturated carbocycles. The van der Waals surface area contributed by atoms with Crippen molar-refractivity contribution >= 4 is 6.03 Å². The van der Waals surface area contributed by atoms with Crippen molar-refractivity contribution < 1.29 is 4.79 Å². The van der Waals surface area contributed by atoms with Gasteiger partial charge in [-0.1, -0.05) is 25.0 Å². The van der Waals surface area contributed by atoms with Crippen molar-refractivity contribution in [3.8, 4) is 6.07 Å². The second-order valence-electron chi connectivity index (χ2n) is 7.84. The summed E-state index contributed by atoms with van der Waals surface area (Å²) in [5, 5.41) is 12.2. The molecule has 2 amide bonds. The van der Waals surface area contributed by atoms with Crippen LogP contribution in [0, 0.1) is 17.2 Å². The predicted octanol–water partition coefficient (Wildman–Crippen LogP) is 3.35. The second kappa shape index (κ2) is 9.05. The van der Waals surface area contributed by atoms with Gasteiger partial charge in [0.15, 0.2) is 0 Å². The summed E-state index contributed by atoms with van der Waals surface area (Å²) in [7, 11) is 1.81. The van der Waals surface area contributed by atoms with Gasteiger partial charge >= 0.3 is 6.03 Å². The van der Waals surface area contributed by atoms with E-state index < -0.39 is 0 Å². The van der Waals surface area contributed by atoms with Gasteiger partial charge in [0.1, 0.15) is 0 Å². The first-order valence-corrected chi connectivity index (χ1v) is 9.87. The minimum atomic E-state index is -0.0263. The van der Waals surface area contributed by atoms with Gasteiger partial charge < -0.3 is 15.1 Å². The topological polar surface area (TPSA) is 59.4 Å². The number of hydrogen-bond acceptors (Lipinski definition) is 3. The van der Waals surface area contributed by atoms with E-state index in [4.69, 9.17) is 5.26 Å². The summed E-state index contributed by atoms with van der Waals surface area (Å²) in [6, 6.07) is 9.82. The van der Waals surface area contributed by atoms with E-state index in [1.54, 1.807) is 11.0 Å². The molecule has 3 rings (SSSR count). The first-order valence-electron chi connectivity index (χ1n) is 9.87. The van der Waals surface area contributed by atoms with Crippen LogP contribution in [0.3, 0.4) is 0 Å². The van der Waals surface area contributed by atoms with E-state index in [9.17, 15) is 4.79 Å². The third kappa shape index (κ3) is 5.22.